The van der Waals surface area contributed by atoms with Gasteiger partial charge in [-0.05, 0) is 160 Å². The molecule has 4 N–H and O–H groups in total. The number of hydrogen-bond acceptors (Lipinski definition) is 11. The largest absolute Gasteiger partial charge is 0.444 e. The number of ketones is 1. The van der Waals surface area contributed by atoms with E-state index in [1.54, 1.807) is 6.07 Å². The van der Waals surface area contributed by atoms with Crippen LogP contribution in [0.3, 0.4) is 0 Å². The lowest BCUT2D eigenvalue weighted by molar-refractivity contribution is -0.123. The minimum absolute atomic E-state index is 0.433. The molecule has 0 radical (unpaired) electrons. The number of pyridine rings is 3. The number of Topliss-reactive ketones (excluding diaryl/α,β-unsaturated/α-hetero) is 1. The summed E-state index contributed by atoms with van der Waals surface area (Å²) in [7, 11) is 12.1. The van der Waals surface area contributed by atoms with Crippen molar-refractivity contribution < 1.29 is 19.4 Å². The minimum Gasteiger partial charge on any atom is -0.444 e. The Morgan fingerprint density at radius 2 is 1.44 bits per heavy atom. The van der Waals surface area contributed by atoms with Crippen molar-refractivity contribution in [2.45, 2.75) is 122 Å². The van der Waals surface area contributed by atoms with Crippen LogP contribution < -0.4 is 11.1 Å². The van der Waals surface area contributed by atoms with E-state index in [2.05, 4.69) is 66.2 Å². The molecule has 55 heavy (non-hydrogen) atoms. The summed E-state index contributed by atoms with van der Waals surface area (Å²) >= 11 is 3.47. The number of carbonyl (C=O) groups excluding carboxylic acids is 2. The second-order valence-electron chi connectivity index (χ2n) is 16.6. The van der Waals surface area contributed by atoms with Crippen molar-refractivity contribution in [1.29, 1.82) is 0 Å². The van der Waals surface area contributed by atoms with Crippen LogP contribution in [0.5, 0.6) is 0 Å². The number of carbonyl (C=O) groups is 2. The highest BCUT2D eigenvalue weighted by Crippen LogP contribution is 2.42. The number of aromatic nitrogens is 3. The van der Waals surface area contributed by atoms with Crippen LogP contribution in [0.15, 0.2) is 40.9 Å². The number of aryl methyl sites for hydroxylation is 1. The number of rotatable bonds is 9. The third-order valence-electron chi connectivity index (χ3n) is 9.23. The van der Waals surface area contributed by atoms with Crippen molar-refractivity contribution >= 4 is 39.4 Å². The van der Waals surface area contributed by atoms with E-state index in [9.17, 15) is 14.7 Å². The Balaban J connectivity index is 0.000000218. The van der Waals surface area contributed by atoms with E-state index in [-0.39, 0.29) is 0 Å². The molecule has 1 amide bonds. The summed E-state index contributed by atoms with van der Waals surface area (Å²) in [5.74, 6) is 2.23. The first-order valence-corrected chi connectivity index (χ1v) is 20.1. The van der Waals surface area contributed by atoms with Crippen LogP contribution in [0.4, 0.5) is 16.4 Å². The summed E-state index contributed by atoms with van der Waals surface area (Å²) < 4.78 is 6.33. The standard InChI is InChI=1S/C17H27N3O3.C12H19N3.C9H13BrN2.C4H6O/c1-16(2,3)23-15(21)19-14-8-7-12(17(22)9-6-10-17)13(18-14)11-20(4)5;1-15(2)8-11-10(9-4-3-5-9)6-7-12(13)14-11;1-7-4-5-8(10)9(11-7)6-12(2)3;5-4-2-1-3-4/h7-8,22H,6,9-11H2,1-5H3,(H,18,19,21);6-7,9H,3-5,8H2,1-2H3,(H2,13,14);4-5H,6H2,1-3H3;1-3H2. The van der Waals surface area contributed by atoms with Crippen molar-refractivity contribution in [3.63, 3.8) is 0 Å². The third-order valence-corrected chi connectivity index (χ3v) is 9.95. The zero-order chi connectivity index (χ0) is 40.9. The Morgan fingerprint density at radius 3 is 1.91 bits per heavy atom. The van der Waals surface area contributed by atoms with E-state index in [0.717, 1.165) is 90.3 Å². The summed E-state index contributed by atoms with van der Waals surface area (Å²) in [4.78, 5) is 41.4. The molecule has 3 heterocycles. The molecule has 3 saturated carbocycles. The maximum Gasteiger partial charge on any atom is 0.413 e. The second-order valence-corrected chi connectivity index (χ2v) is 17.4. The molecule has 0 unspecified atom stereocenters. The number of ether oxygens (including phenoxy) is 1. The van der Waals surface area contributed by atoms with Crippen LogP contribution in [-0.4, -0.2) is 94.5 Å². The molecule has 3 aliphatic carbocycles. The van der Waals surface area contributed by atoms with E-state index in [4.69, 9.17) is 10.5 Å². The molecule has 3 aromatic rings. The van der Waals surface area contributed by atoms with Gasteiger partial charge in [-0.1, -0.05) is 18.6 Å². The van der Waals surface area contributed by atoms with Crippen LogP contribution in [0.2, 0.25) is 0 Å². The van der Waals surface area contributed by atoms with Gasteiger partial charge in [-0.25, -0.2) is 14.8 Å². The van der Waals surface area contributed by atoms with Crippen molar-refractivity contribution in [3.8, 4) is 0 Å². The summed E-state index contributed by atoms with van der Waals surface area (Å²) in [5, 5.41) is 13.3. The molecule has 3 fully saturated rings. The molecule has 304 valence electrons. The SMILES string of the molecule is CN(C)Cc1nc(N)ccc1C1CCC1.CN(C)Cc1nc(NC(=O)OC(C)(C)C)ccc1C1(O)CCC1.Cc1ccc(Br)c(CN(C)C)n1.O=C1CCC1. The topological polar surface area (TPSA) is 150 Å². The van der Waals surface area contributed by atoms with Gasteiger partial charge >= 0.3 is 6.09 Å². The maximum atomic E-state index is 11.9. The van der Waals surface area contributed by atoms with E-state index in [0.29, 0.717) is 24.0 Å². The molecule has 12 nitrogen and oxygen atoms in total. The first-order valence-electron chi connectivity index (χ1n) is 19.3. The molecular formula is C42H65BrN8O4. The van der Waals surface area contributed by atoms with Gasteiger partial charge in [-0.3, -0.25) is 15.1 Å². The van der Waals surface area contributed by atoms with E-state index in [1.807, 2.05) is 85.1 Å². The van der Waals surface area contributed by atoms with E-state index in [1.165, 1.54) is 24.8 Å². The minimum atomic E-state index is -0.775. The van der Waals surface area contributed by atoms with Crippen molar-refractivity contribution in [1.82, 2.24) is 29.7 Å². The summed E-state index contributed by atoms with van der Waals surface area (Å²) in [6.45, 7) is 9.80. The molecule has 0 aliphatic heterocycles. The molecule has 3 aromatic heterocycles. The van der Waals surface area contributed by atoms with Crippen LogP contribution in [-0.2, 0) is 34.8 Å². The maximum absolute atomic E-state index is 11.9. The molecule has 0 saturated heterocycles. The van der Waals surface area contributed by atoms with E-state index >= 15 is 0 Å². The fourth-order valence-electron chi connectivity index (χ4n) is 5.98. The normalized spacial score (nSPS) is 15.9. The van der Waals surface area contributed by atoms with Gasteiger partial charge in [0.25, 0.3) is 0 Å². The fourth-order valence-corrected chi connectivity index (χ4v) is 6.32. The van der Waals surface area contributed by atoms with Crippen LogP contribution in [0.25, 0.3) is 0 Å². The number of amides is 1. The van der Waals surface area contributed by atoms with Crippen LogP contribution in [0, 0.1) is 6.92 Å². The molecule has 0 bridgehead atoms. The van der Waals surface area contributed by atoms with Crippen molar-refractivity contribution in [2.75, 3.05) is 53.3 Å². The van der Waals surface area contributed by atoms with Gasteiger partial charge in [-0.15, -0.1) is 0 Å². The number of nitrogen functional groups attached to an aromatic ring is 1. The zero-order valence-electron chi connectivity index (χ0n) is 34.8. The Hall–Kier alpha value is -3.49. The molecule has 6 rings (SSSR count). The first kappa shape index (κ1) is 45.9. The average molecular weight is 826 g/mol. The number of anilines is 2. The quantitative estimate of drug-likeness (QED) is 0.194. The number of nitrogens with one attached hydrogen (secondary N) is 1. The molecular weight excluding hydrogens is 760 g/mol. The zero-order valence-corrected chi connectivity index (χ0v) is 36.4. The molecule has 3 aliphatic rings. The lowest BCUT2D eigenvalue weighted by Gasteiger charge is -2.38. The van der Waals surface area contributed by atoms with Gasteiger partial charge < -0.3 is 30.3 Å². The monoisotopic (exact) mass is 824 g/mol. The van der Waals surface area contributed by atoms with Gasteiger partial charge in [0.15, 0.2) is 0 Å². The van der Waals surface area contributed by atoms with Gasteiger partial charge in [0, 0.05) is 48.2 Å². The Labute approximate surface area is 337 Å². The van der Waals surface area contributed by atoms with Gasteiger partial charge in [-0.2, -0.15) is 0 Å². The summed E-state index contributed by atoms with van der Waals surface area (Å²) in [6, 6.07) is 11.7. The van der Waals surface area contributed by atoms with Gasteiger partial charge in [0.05, 0.1) is 22.7 Å². The van der Waals surface area contributed by atoms with E-state index < -0.39 is 17.3 Å². The smallest absolute Gasteiger partial charge is 0.413 e. The Morgan fingerprint density at radius 1 is 0.855 bits per heavy atom. The number of halogens is 1. The third kappa shape index (κ3) is 15.9. The number of nitrogens with two attached hydrogens (primary N) is 1. The van der Waals surface area contributed by atoms with Gasteiger partial charge in [0.2, 0.25) is 0 Å². The predicted octanol–water partition coefficient (Wildman–Crippen LogP) is 7.81. The molecule has 0 spiro atoms. The highest BCUT2D eigenvalue weighted by atomic mass is 79.9. The summed E-state index contributed by atoms with van der Waals surface area (Å²) in [5.41, 5.74) is 10.8. The lowest BCUT2D eigenvalue weighted by atomic mass is 9.74. The number of aliphatic hydroxyl groups is 1. The number of nitrogens with zero attached hydrogens (tertiary/aromatic N) is 6. The first-order chi connectivity index (χ1) is 25.7. The van der Waals surface area contributed by atoms with Crippen LogP contribution in [0.1, 0.15) is 118 Å². The lowest BCUT2D eigenvalue weighted by Crippen LogP contribution is -2.36. The second kappa shape index (κ2) is 21.2. The highest BCUT2D eigenvalue weighted by molar-refractivity contribution is 9.10. The summed E-state index contributed by atoms with van der Waals surface area (Å²) in [6.07, 6.45) is 8.82. The Bertz CT molecular complexity index is 1700. The molecule has 0 atom stereocenters. The average Bonchev–Trinajstić information content (AvgIpc) is 3.00. The Kier molecular flexibility index (Phi) is 17.6. The van der Waals surface area contributed by atoms with Crippen LogP contribution >= 0.6 is 15.9 Å². The molecule has 0 aromatic carbocycles. The number of hydrogen-bond donors (Lipinski definition) is 3. The highest BCUT2D eigenvalue weighted by Gasteiger charge is 2.38. The van der Waals surface area contributed by atoms with Gasteiger partial charge in [0.1, 0.15) is 23.0 Å². The predicted molar refractivity (Wildman–Crippen MR) is 225 cm³/mol. The molecule has 13 heteroatoms. The van der Waals surface area contributed by atoms with Crippen molar-refractivity contribution in [3.05, 3.63) is 74.8 Å². The van der Waals surface area contributed by atoms with Crippen molar-refractivity contribution in [2.24, 2.45) is 0 Å². The fraction of sp³-hybridized carbons (Fsp3) is 0.595.